The lowest BCUT2D eigenvalue weighted by molar-refractivity contribution is 0.0881. The van der Waals surface area contributed by atoms with Crippen LogP contribution >= 0.6 is 0 Å². The fraction of sp³-hybridized carbons (Fsp3) is 0.600. The summed E-state index contributed by atoms with van der Waals surface area (Å²) >= 11 is 0. The van der Waals surface area contributed by atoms with E-state index in [4.69, 9.17) is 9.47 Å². The zero-order chi connectivity index (χ0) is 13.0. The van der Waals surface area contributed by atoms with Crippen molar-refractivity contribution in [2.75, 3.05) is 13.2 Å². The van der Waals surface area contributed by atoms with E-state index in [-0.39, 0.29) is 11.6 Å². The first-order valence-electron chi connectivity index (χ1n) is 6.72. The van der Waals surface area contributed by atoms with Gasteiger partial charge >= 0.3 is 0 Å². The Bertz CT molecular complexity index is 377. The molecule has 1 aromatic rings. The van der Waals surface area contributed by atoms with E-state index >= 15 is 0 Å². The maximum absolute atomic E-state index is 5.63. The minimum absolute atomic E-state index is 0.0958. The van der Waals surface area contributed by atoms with Gasteiger partial charge < -0.3 is 14.8 Å². The molecule has 1 fully saturated rings. The fourth-order valence-corrected chi connectivity index (χ4v) is 2.24. The maximum Gasteiger partial charge on any atom is 0.119 e. The summed E-state index contributed by atoms with van der Waals surface area (Å²) < 4.78 is 11.1. The maximum atomic E-state index is 5.63. The van der Waals surface area contributed by atoms with Crippen LogP contribution in [0.3, 0.4) is 0 Å². The van der Waals surface area contributed by atoms with E-state index in [0.29, 0.717) is 6.61 Å². The Balaban J connectivity index is 1.90. The third-order valence-corrected chi connectivity index (χ3v) is 3.82. The zero-order valence-electron chi connectivity index (χ0n) is 11.5. The molecule has 1 heterocycles. The highest BCUT2D eigenvalue weighted by atomic mass is 16.5. The van der Waals surface area contributed by atoms with Crippen molar-refractivity contribution in [1.82, 2.24) is 5.32 Å². The Morgan fingerprint density at radius 3 is 2.67 bits per heavy atom. The van der Waals surface area contributed by atoms with Gasteiger partial charge in [0.05, 0.1) is 12.7 Å². The summed E-state index contributed by atoms with van der Waals surface area (Å²) in [6.07, 6.45) is 1.35. The van der Waals surface area contributed by atoms with Crippen molar-refractivity contribution in [2.45, 2.75) is 45.4 Å². The number of hydrogen-bond donors (Lipinski definition) is 1. The molecule has 1 aromatic carbocycles. The molecule has 0 saturated carbocycles. The highest BCUT2D eigenvalue weighted by Crippen LogP contribution is 2.25. The van der Waals surface area contributed by atoms with Crippen molar-refractivity contribution in [3.05, 3.63) is 29.8 Å². The molecule has 0 amide bonds. The van der Waals surface area contributed by atoms with Crippen molar-refractivity contribution in [3.8, 4) is 5.75 Å². The number of rotatable bonds is 5. The molecular weight excluding hydrogens is 226 g/mol. The second-order valence-electron chi connectivity index (χ2n) is 5.11. The van der Waals surface area contributed by atoms with Gasteiger partial charge in [-0.1, -0.05) is 12.1 Å². The number of hydrogen-bond acceptors (Lipinski definition) is 3. The normalized spacial score (nSPS) is 27.4. The number of ether oxygens (including phenoxy) is 2. The molecule has 3 nitrogen and oxygen atoms in total. The van der Waals surface area contributed by atoms with E-state index in [1.807, 2.05) is 19.1 Å². The van der Waals surface area contributed by atoms with Crippen LogP contribution < -0.4 is 10.1 Å². The largest absolute Gasteiger partial charge is 0.494 e. The van der Waals surface area contributed by atoms with E-state index in [1.165, 1.54) is 5.56 Å². The smallest absolute Gasteiger partial charge is 0.119 e. The van der Waals surface area contributed by atoms with Gasteiger partial charge in [-0.3, -0.25) is 0 Å². The van der Waals surface area contributed by atoms with Gasteiger partial charge in [-0.2, -0.15) is 0 Å². The highest BCUT2D eigenvalue weighted by Gasteiger charge is 2.36. The summed E-state index contributed by atoms with van der Waals surface area (Å²) in [7, 11) is 0. The van der Waals surface area contributed by atoms with Crippen LogP contribution in [-0.2, 0) is 11.3 Å². The number of benzene rings is 1. The second-order valence-corrected chi connectivity index (χ2v) is 5.11. The Kier molecular flexibility index (Phi) is 4.25. The van der Waals surface area contributed by atoms with E-state index < -0.39 is 0 Å². The average Bonchev–Trinajstić information content (AvgIpc) is 2.70. The SMILES string of the molecule is CCOc1ccc(CNC2(C)CCOC2C)cc1. The van der Waals surface area contributed by atoms with Crippen LogP contribution in [0.5, 0.6) is 5.75 Å². The zero-order valence-corrected chi connectivity index (χ0v) is 11.5. The third kappa shape index (κ3) is 3.03. The van der Waals surface area contributed by atoms with E-state index in [2.05, 4.69) is 31.3 Å². The van der Waals surface area contributed by atoms with Gasteiger partial charge in [-0.15, -0.1) is 0 Å². The molecule has 0 spiro atoms. The van der Waals surface area contributed by atoms with Crippen LogP contribution in [0.15, 0.2) is 24.3 Å². The molecule has 1 aliphatic heterocycles. The lowest BCUT2D eigenvalue weighted by atomic mass is 9.94. The highest BCUT2D eigenvalue weighted by molar-refractivity contribution is 5.27. The minimum atomic E-state index is 0.0958. The van der Waals surface area contributed by atoms with Crippen molar-refractivity contribution in [3.63, 3.8) is 0 Å². The molecule has 18 heavy (non-hydrogen) atoms. The monoisotopic (exact) mass is 249 g/mol. The summed E-state index contributed by atoms with van der Waals surface area (Å²) in [5.41, 5.74) is 1.37. The van der Waals surface area contributed by atoms with Crippen LogP contribution in [0.4, 0.5) is 0 Å². The summed E-state index contributed by atoms with van der Waals surface area (Å²) in [4.78, 5) is 0. The van der Waals surface area contributed by atoms with Crippen molar-refractivity contribution >= 4 is 0 Å². The first-order valence-corrected chi connectivity index (χ1v) is 6.72. The lowest BCUT2D eigenvalue weighted by Crippen LogP contribution is -2.47. The van der Waals surface area contributed by atoms with Crippen LogP contribution in [0.25, 0.3) is 0 Å². The fourth-order valence-electron chi connectivity index (χ4n) is 2.24. The van der Waals surface area contributed by atoms with Gasteiger partial charge in [0, 0.05) is 18.7 Å². The molecule has 0 aromatic heterocycles. The van der Waals surface area contributed by atoms with Gasteiger partial charge in [0.1, 0.15) is 5.75 Å². The Morgan fingerprint density at radius 2 is 2.11 bits per heavy atom. The molecule has 3 heteroatoms. The molecule has 100 valence electrons. The number of nitrogens with one attached hydrogen (secondary N) is 1. The molecule has 0 aliphatic carbocycles. The third-order valence-electron chi connectivity index (χ3n) is 3.82. The van der Waals surface area contributed by atoms with Crippen molar-refractivity contribution in [1.29, 1.82) is 0 Å². The minimum Gasteiger partial charge on any atom is -0.494 e. The summed E-state index contributed by atoms with van der Waals surface area (Å²) in [5.74, 6) is 0.935. The topological polar surface area (TPSA) is 30.5 Å². The first kappa shape index (κ1) is 13.4. The molecule has 2 unspecified atom stereocenters. The van der Waals surface area contributed by atoms with Crippen LogP contribution in [-0.4, -0.2) is 24.9 Å². The predicted octanol–water partition coefficient (Wildman–Crippen LogP) is 2.74. The Hall–Kier alpha value is -1.06. The lowest BCUT2D eigenvalue weighted by Gasteiger charge is -2.29. The Morgan fingerprint density at radius 1 is 1.39 bits per heavy atom. The predicted molar refractivity (Wildman–Crippen MR) is 72.9 cm³/mol. The standard InChI is InChI=1S/C15H23NO2/c1-4-17-14-7-5-13(6-8-14)11-16-15(3)9-10-18-12(15)2/h5-8,12,16H,4,9-11H2,1-3H3. The van der Waals surface area contributed by atoms with Crippen LogP contribution in [0, 0.1) is 0 Å². The summed E-state index contributed by atoms with van der Waals surface area (Å²) in [6.45, 7) is 8.81. The van der Waals surface area contributed by atoms with Crippen molar-refractivity contribution in [2.24, 2.45) is 0 Å². The summed E-state index contributed by atoms with van der Waals surface area (Å²) in [6, 6.07) is 8.28. The van der Waals surface area contributed by atoms with Gasteiger partial charge in [0.25, 0.3) is 0 Å². The van der Waals surface area contributed by atoms with Crippen LogP contribution in [0.1, 0.15) is 32.8 Å². The summed E-state index contributed by atoms with van der Waals surface area (Å²) in [5, 5.41) is 3.61. The van der Waals surface area contributed by atoms with E-state index in [1.54, 1.807) is 0 Å². The van der Waals surface area contributed by atoms with Crippen LogP contribution in [0.2, 0.25) is 0 Å². The average molecular weight is 249 g/mol. The van der Waals surface area contributed by atoms with Crippen molar-refractivity contribution < 1.29 is 9.47 Å². The molecule has 1 N–H and O–H groups in total. The van der Waals surface area contributed by atoms with E-state index in [9.17, 15) is 0 Å². The van der Waals surface area contributed by atoms with Gasteiger partial charge in [-0.25, -0.2) is 0 Å². The quantitative estimate of drug-likeness (QED) is 0.870. The van der Waals surface area contributed by atoms with Gasteiger partial charge in [-0.05, 0) is 44.9 Å². The van der Waals surface area contributed by atoms with Gasteiger partial charge in [0.15, 0.2) is 0 Å². The molecular formula is C15H23NO2. The second kappa shape index (κ2) is 5.72. The van der Waals surface area contributed by atoms with Gasteiger partial charge in [0.2, 0.25) is 0 Å². The Labute approximate surface area is 109 Å². The molecule has 0 bridgehead atoms. The molecule has 2 rings (SSSR count). The molecule has 0 radical (unpaired) electrons. The molecule has 1 saturated heterocycles. The molecule has 2 atom stereocenters. The first-order chi connectivity index (χ1) is 8.64. The van der Waals surface area contributed by atoms with E-state index in [0.717, 1.165) is 25.3 Å². The molecule has 1 aliphatic rings.